The predicted octanol–water partition coefficient (Wildman–Crippen LogP) is -1.63. The average Bonchev–Trinajstić information content (AvgIpc) is 3.19. The van der Waals surface area contributed by atoms with Gasteiger partial charge in [0.2, 0.25) is 5.91 Å². The molecule has 4 heterocycles. The standard InChI is InChI=1S/C18H20N6O7S2/c1-2-22-4-3-11(20-18(22)30)32-7-9-8-33-16-13(15(27)24(16)14(9)17(28)29)19-10(25)5-23-6-12(26)31-21-23/h3-4,13,16,21H,2,5-8H2,1H3,(H,19,25)(H,28,29)/t13-,16+/m1/s1. The Hall–Kier alpha value is -2.88. The van der Waals surface area contributed by atoms with Gasteiger partial charge in [0.25, 0.3) is 5.91 Å². The van der Waals surface area contributed by atoms with Crippen LogP contribution in [-0.2, 0) is 30.6 Å². The number of rotatable bonds is 8. The van der Waals surface area contributed by atoms with E-state index in [1.807, 2.05) is 6.92 Å². The number of carboxylic acids is 1. The van der Waals surface area contributed by atoms with Crippen LogP contribution in [0.5, 0.6) is 0 Å². The van der Waals surface area contributed by atoms with Crippen LogP contribution in [0.1, 0.15) is 6.92 Å². The summed E-state index contributed by atoms with van der Waals surface area (Å²) in [5.74, 6) is -2.20. The van der Waals surface area contributed by atoms with Crippen LogP contribution in [-0.4, -0.2) is 84.3 Å². The highest BCUT2D eigenvalue weighted by Gasteiger charge is 2.54. The fourth-order valence-electron chi connectivity index (χ4n) is 3.51. The van der Waals surface area contributed by atoms with Crippen LogP contribution < -0.4 is 16.6 Å². The monoisotopic (exact) mass is 496 g/mol. The van der Waals surface area contributed by atoms with Gasteiger partial charge in [0.15, 0.2) is 0 Å². The van der Waals surface area contributed by atoms with Gasteiger partial charge in [-0.1, -0.05) is 5.59 Å². The van der Waals surface area contributed by atoms with E-state index >= 15 is 0 Å². The van der Waals surface area contributed by atoms with Crippen molar-refractivity contribution in [1.29, 1.82) is 0 Å². The van der Waals surface area contributed by atoms with Crippen molar-refractivity contribution in [2.75, 3.05) is 24.6 Å². The number of aliphatic carboxylic acids is 1. The predicted molar refractivity (Wildman–Crippen MR) is 115 cm³/mol. The van der Waals surface area contributed by atoms with Crippen molar-refractivity contribution in [3.05, 3.63) is 34.0 Å². The van der Waals surface area contributed by atoms with Crippen molar-refractivity contribution in [3.63, 3.8) is 0 Å². The summed E-state index contributed by atoms with van der Waals surface area (Å²) in [6.07, 6.45) is 1.63. The second kappa shape index (κ2) is 9.54. The molecule has 15 heteroatoms. The molecular weight excluding hydrogens is 476 g/mol. The number of hydrazine groups is 1. The van der Waals surface area contributed by atoms with E-state index in [0.29, 0.717) is 22.9 Å². The van der Waals surface area contributed by atoms with Crippen LogP contribution in [0.3, 0.4) is 0 Å². The van der Waals surface area contributed by atoms with Crippen LogP contribution in [0.4, 0.5) is 0 Å². The third-order valence-corrected chi connectivity index (χ3v) is 7.45. The summed E-state index contributed by atoms with van der Waals surface area (Å²) in [5.41, 5.74) is 2.33. The van der Waals surface area contributed by atoms with Gasteiger partial charge in [-0.25, -0.2) is 14.4 Å². The molecule has 0 aromatic carbocycles. The van der Waals surface area contributed by atoms with Gasteiger partial charge >= 0.3 is 17.6 Å². The van der Waals surface area contributed by atoms with E-state index in [4.69, 9.17) is 0 Å². The molecule has 3 aliphatic heterocycles. The van der Waals surface area contributed by atoms with E-state index in [9.17, 15) is 29.1 Å². The number of hydrogen-bond donors (Lipinski definition) is 3. The van der Waals surface area contributed by atoms with Crippen molar-refractivity contribution in [2.24, 2.45) is 0 Å². The van der Waals surface area contributed by atoms with Crippen molar-refractivity contribution in [2.45, 2.75) is 29.9 Å². The Kier molecular flexibility index (Phi) is 6.73. The Morgan fingerprint density at radius 3 is 2.82 bits per heavy atom. The molecular formula is C18H20N6O7S2. The molecule has 1 aromatic heterocycles. The molecule has 0 bridgehead atoms. The number of carbonyl (C=O) groups excluding carboxylic acids is 3. The topological polar surface area (TPSA) is 163 Å². The number of hydrogen-bond acceptors (Lipinski definition) is 11. The van der Waals surface area contributed by atoms with E-state index < -0.39 is 35.2 Å². The normalized spacial score (nSPS) is 22.6. The first kappa shape index (κ1) is 23.3. The van der Waals surface area contributed by atoms with Crippen LogP contribution in [0.15, 0.2) is 33.4 Å². The number of nitrogens with one attached hydrogen (secondary N) is 2. The molecule has 0 aliphatic carbocycles. The highest BCUT2D eigenvalue weighted by atomic mass is 32.2. The van der Waals surface area contributed by atoms with Crippen LogP contribution in [0.2, 0.25) is 0 Å². The minimum atomic E-state index is -1.24. The largest absolute Gasteiger partial charge is 0.477 e. The molecule has 0 unspecified atom stereocenters. The number of nitrogens with zero attached hydrogens (tertiary/aromatic N) is 4. The number of aryl methyl sites for hydroxylation is 1. The highest BCUT2D eigenvalue weighted by Crippen LogP contribution is 2.41. The highest BCUT2D eigenvalue weighted by molar-refractivity contribution is 8.01. The van der Waals surface area contributed by atoms with Gasteiger partial charge in [0, 0.05) is 24.2 Å². The van der Waals surface area contributed by atoms with Crippen molar-refractivity contribution in [1.82, 2.24) is 30.4 Å². The number of fused-ring (bicyclic) bond motifs is 1. The maximum absolute atomic E-state index is 12.7. The zero-order valence-electron chi connectivity index (χ0n) is 17.3. The van der Waals surface area contributed by atoms with Gasteiger partial charge in [0.1, 0.15) is 28.7 Å². The Morgan fingerprint density at radius 2 is 2.18 bits per heavy atom. The molecule has 4 rings (SSSR count). The molecule has 2 fully saturated rings. The number of carboxylic acid groups (broad SMARTS) is 1. The Bertz CT molecular complexity index is 1110. The van der Waals surface area contributed by atoms with Crippen LogP contribution in [0.25, 0.3) is 0 Å². The van der Waals surface area contributed by atoms with Crippen LogP contribution in [0, 0.1) is 0 Å². The quantitative estimate of drug-likeness (QED) is 0.214. The summed E-state index contributed by atoms with van der Waals surface area (Å²) in [7, 11) is 0. The number of carbonyl (C=O) groups is 4. The average molecular weight is 497 g/mol. The minimum absolute atomic E-state index is 0.105. The summed E-state index contributed by atoms with van der Waals surface area (Å²) in [6.45, 7) is 2.01. The molecule has 2 amide bonds. The second-order valence-electron chi connectivity index (χ2n) is 7.26. The zero-order valence-corrected chi connectivity index (χ0v) is 19.0. The van der Waals surface area contributed by atoms with Gasteiger partial charge in [0.05, 0.1) is 6.54 Å². The van der Waals surface area contributed by atoms with Gasteiger partial charge < -0.3 is 15.3 Å². The van der Waals surface area contributed by atoms with Gasteiger partial charge in [-0.05, 0) is 18.6 Å². The first-order chi connectivity index (χ1) is 15.8. The summed E-state index contributed by atoms with van der Waals surface area (Å²) in [4.78, 5) is 69.6. The maximum atomic E-state index is 12.7. The Morgan fingerprint density at radius 1 is 1.39 bits per heavy atom. The van der Waals surface area contributed by atoms with E-state index in [2.05, 4.69) is 20.7 Å². The molecule has 1 aromatic rings. The Labute approximate surface area is 195 Å². The summed E-state index contributed by atoms with van der Waals surface area (Å²) in [5, 5.41) is 13.5. The van der Waals surface area contributed by atoms with Gasteiger partial charge in [-0.15, -0.1) is 23.5 Å². The SMILES string of the molecule is CCn1ccc(SCC2=C(C(=O)O)N3C(=O)[C@@H](NC(=O)CN4CC(=O)ON4)[C@@H]3SC2)nc1=O. The summed E-state index contributed by atoms with van der Waals surface area (Å²) in [6, 6.07) is 0.817. The van der Waals surface area contributed by atoms with Crippen molar-refractivity contribution in [3.8, 4) is 0 Å². The molecule has 2 atom stereocenters. The van der Waals surface area contributed by atoms with E-state index in [0.717, 1.165) is 0 Å². The molecule has 0 saturated carbocycles. The molecule has 176 valence electrons. The molecule has 0 spiro atoms. The smallest absolute Gasteiger partial charge is 0.352 e. The van der Waals surface area contributed by atoms with Crippen molar-refractivity contribution >= 4 is 47.3 Å². The first-order valence-corrected chi connectivity index (χ1v) is 11.9. The third-order valence-electron chi connectivity index (χ3n) is 5.09. The number of aromatic nitrogens is 2. The molecule has 13 nitrogen and oxygen atoms in total. The lowest BCUT2D eigenvalue weighted by Crippen LogP contribution is -2.71. The number of β-lactam (4-membered cyclic amide) rings is 1. The molecule has 3 aliphatic rings. The third kappa shape index (κ3) is 4.75. The lowest BCUT2D eigenvalue weighted by Gasteiger charge is -2.49. The minimum Gasteiger partial charge on any atom is -0.477 e. The van der Waals surface area contributed by atoms with Crippen molar-refractivity contribution < 1.29 is 29.1 Å². The van der Waals surface area contributed by atoms with Gasteiger partial charge in [-0.2, -0.15) is 9.99 Å². The molecule has 33 heavy (non-hydrogen) atoms. The molecule has 2 saturated heterocycles. The lowest BCUT2D eigenvalue weighted by atomic mass is 10.0. The van der Waals surface area contributed by atoms with E-state index in [1.54, 1.807) is 12.3 Å². The zero-order chi connectivity index (χ0) is 23.7. The lowest BCUT2D eigenvalue weighted by molar-refractivity contribution is -0.151. The van der Waals surface area contributed by atoms with Crippen LogP contribution >= 0.6 is 23.5 Å². The maximum Gasteiger partial charge on any atom is 0.352 e. The second-order valence-corrected chi connectivity index (χ2v) is 9.36. The van der Waals surface area contributed by atoms with E-state index in [1.165, 1.54) is 38.0 Å². The summed E-state index contributed by atoms with van der Waals surface area (Å²) >= 11 is 2.57. The fourth-order valence-corrected chi connectivity index (χ4v) is 5.84. The summed E-state index contributed by atoms with van der Waals surface area (Å²) < 4.78 is 1.45. The number of thioether (sulfide) groups is 2. The fraction of sp³-hybridized carbons (Fsp3) is 0.444. The Balaban J connectivity index is 1.41. The molecule has 0 radical (unpaired) electrons. The number of amides is 2. The van der Waals surface area contributed by atoms with Gasteiger partial charge in [-0.3, -0.25) is 19.1 Å². The van der Waals surface area contributed by atoms with E-state index in [-0.39, 0.29) is 30.2 Å². The molecule has 3 N–H and O–H groups in total. The first-order valence-electron chi connectivity index (χ1n) is 9.88.